The molecule has 0 aromatic carbocycles. The zero-order valence-corrected chi connectivity index (χ0v) is 12.4. The lowest BCUT2D eigenvalue weighted by Gasteiger charge is -2.24. The van der Waals surface area contributed by atoms with Gasteiger partial charge in [-0.05, 0) is 12.1 Å². The molecule has 8 heteroatoms. The van der Waals surface area contributed by atoms with Crippen molar-refractivity contribution < 1.29 is 22.7 Å². The van der Waals surface area contributed by atoms with Crippen LogP contribution in [-0.2, 0) is 14.6 Å². The van der Waals surface area contributed by atoms with E-state index < -0.39 is 28.0 Å². The summed E-state index contributed by atoms with van der Waals surface area (Å²) in [6.45, 7) is 1.62. The van der Waals surface area contributed by atoms with Crippen LogP contribution >= 0.6 is 0 Å². The first-order valence-corrected chi connectivity index (χ1v) is 8.30. The number of aromatic nitrogens is 1. The summed E-state index contributed by atoms with van der Waals surface area (Å²) in [5.74, 6) is -0.618. The number of hydrogen-bond acceptors (Lipinski definition) is 5. The van der Waals surface area contributed by atoms with Gasteiger partial charge in [0, 0.05) is 18.7 Å². The van der Waals surface area contributed by atoms with Crippen molar-refractivity contribution in [2.45, 2.75) is 36.9 Å². The Morgan fingerprint density at radius 2 is 2.24 bits per heavy atom. The molecule has 116 valence electrons. The number of sulfone groups is 1. The van der Waals surface area contributed by atoms with Gasteiger partial charge in [0.2, 0.25) is 0 Å². The highest BCUT2D eigenvalue weighted by molar-refractivity contribution is 7.91. The van der Waals surface area contributed by atoms with Gasteiger partial charge < -0.3 is 10.0 Å². The smallest absolute Gasteiger partial charge is 0.305 e. The van der Waals surface area contributed by atoms with Crippen LogP contribution in [0.5, 0.6) is 0 Å². The lowest BCUT2D eigenvalue weighted by molar-refractivity contribution is -0.137. The third kappa shape index (κ3) is 3.49. The van der Waals surface area contributed by atoms with Crippen molar-refractivity contribution >= 4 is 21.6 Å². The Labute approximate surface area is 122 Å². The monoisotopic (exact) mass is 316 g/mol. The molecule has 0 saturated carbocycles. The second-order valence-electron chi connectivity index (χ2n) is 4.99. The molecular weight excluding hydrogens is 299 g/mol. The van der Waals surface area contributed by atoms with E-state index in [2.05, 4.69) is 4.98 Å². The van der Waals surface area contributed by atoms with Crippen molar-refractivity contribution in [3.8, 4) is 0 Å². The molecule has 0 spiro atoms. The number of carboxylic acids is 1. The van der Waals surface area contributed by atoms with Gasteiger partial charge in [-0.1, -0.05) is 6.92 Å². The fraction of sp³-hybridized carbons (Fsp3) is 0.538. The van der Waals surface area contributed by atoms with E-state index in [4.69, 9.17) is 5.11 Å². The molecule has 2 atom stereocenters. The number of aliphatic carboxylic acids is 1. The van der Waals surface area contributed by atoms with Gasteiger partial charge in [-0.3, -0.25) is 4.79 Å². The number of carboxylic acid groups (broad SMARTS) is 1. The van der Waals surface area contributed by atoms with E-state index in [1.54, 1.807) is 11.8 Å². The molecule has 1 fully saturated rings. The Kier molecular flexibility index (Phi) is 4.46. The molecule has 0 radical (unpaired) electrons. The second-order valence-corrected chi connectivity index (χ2v) is 7.27. The summed E-state index contributed by atoms with van der Waals surface area (Å²) in [4.78, 5) is 16.6. The van der Waals surface area contributed by atoms with Crippen LogP contribution in [0.4, 0.5) is 10.2 Å². The Morgan fingerprint density at radius 3 is 2.76 bits per heavy atom. The van der Waals surface area contributed by atoms with E-state index in [9.17, 15) is 17.6 Å². The minimum Gasteiger partial charge on any atom is -0.481 e. The molecule has 21 heavy (non-hydrogen) atoms. The molecule has 0 bridgehead atoms. The van der Waals surface area contributed by atoms with Gasteiger partial charge in [0.05, 0.1) is 23.6 Å². The molecule has 1 aliphatic rings. The van der Waals surface area contributed by atoms with Gasteiger partial charge in [-0.25, -0.2) is 17.8 Å². The topological polar surface area (TPSA) is 87.6 Å². The number of pyridine rings is 1. The summed E-state index contributed by atoms with van der Waals surface area (Å²) < 4.78 is 36.9. The molecule has 0 unspecified atom stereocenters. The summed E-state index contributed by atoms with van der Waals surface area (Å²) in [6, 6.07) is 2.46. The highest BCUT2D eigenvalue weighted by atomic mass is 32.2. The molecule has 2 rings (SSSR count). The van der Waals surface area contributed by atoms with Crippen LogP contribution in [-0.4, -0.2) is 49.0 Å². The van der Waals surface area contributed by atoms with E-state index in [1.165, 1.54) is 18.3 Å². The van der Waals surface area contributed by atoms with Gasteiger partial charge in [0.1, 0.15) is 12.0 Å². The average molecular weight is 316 g/mol. The van der Waals surface area contributed by atoms with Crippen LogP contribution in [0.25, 0.3) is 0 Å². The fourth-order valence-corrected chi connectivity index (χ4v) is 3.25. The minimum absolute atomic E-state index is 0.0219. The molecule has 1 aromatic rings. The summed E-state index contributed by atoms with van der Waals surface area (Å²) in [5.41, 5.74) is 0. The summed E-state index contributed by atoms with van der Waals surface area (Å²) in [6.07, 6.45) is 0.104. The highest BCUT2D eigenvalue weighted by Crippen LogP contribution is 2.28. The van der Waals surface area contributed by atoms with Crippen LogP contribution in [0, 0.1) is 0 Å². The molecule has 1 saturated heterocycles. The summed E-state index contributed by atoms with van der Waals surface area (Å²) in [7, 11) is -3.33. The molecule has 1 aliphatic heterocycles. The van der Waals surface area contributed by atoms with Gasteiger partial charge >= 0.3 is 5.97 Å². The quantitative estimate of drug-likeness (QED) is 0.880. The first kappa shape index (κ1) is 15.7. The zero-order chi connectivity index (χ0) is 15.6. The molecule has 2 heterocycles. The molecular formula is C13H17FN2O4S. The predicted octanol–water partition coefficient (Wildman–Crippen LogP) is 1.27. The first-order valence-electron chi connectivity index (χ1n) is 6.64. The van der Waals surface area contributed by atoms with Crippen LogP contribution < -0.4 is 4.90 Å². The second kappa shape index (κ2) is 5.97. The third-order valence-corrected chi connectivity index (χ3v) is 5.25. The lowest BCUT2D eigenvalue weighted by Crippen LogP contribution is -2.32. The molecule has 0 amide bonds. The average Bonchev–Trinajstić information content (AvgIpc) is 2.79. The van der Waals surface area contributed by atoms with E-state index in [-0.39, 0.29) is 30.0 Å². The van der Waals surface area contributed by atoms with Crippen molar-refractivity contribution in [2.75, 3.05) is 17.2 Å². The summed E-state index contributed by atoms with van der Waals surface area (Å²) >= 11 is 0. The van der Waals surface area contributed by atoms with Crippen molar-refractivity contribution in [1.29, 1.82) is 0 Å². The standard InChI is InChI=1S/C13H17FN2O4S/c1-2-21(19,20)11-3-4-12(15-7-11)16-8-9(14)5-10(16)6-13(17)18/h3-4,7,9-10H,2,5-6,8H2,1H3,(H,17,18)/t9-,10-/m0/s1. The number of halogens is 1. The maximum atomic E-state index is 13.5. The lowest BCUT2D eigenvalue weighted by atomic mass is 10.1. The van der Waals surface area contributed by atoms with Gasteiger partial charge in [-0.15, -0.1) is 0 Å². The van der Waals surface area contributed by atoms with Crippen LogP contribution in [0.2, 0.25) is 0 Å². The number of hydrogen-bond donors (Lipinski definition) is 1. The Morgan fingerprint density at radius 1 is 1.52 bits per heavy atom. The number of rotatable bonds is 5. The predicted molar refractivity (Wildman–Crippen MR) is 74.9 cm³/mol. The fourth-order valence-electron chi connectivity index (χ4n) is 2.43. The van der Waals surface area contributed by atoms with Gasteiger partial charge in [-0.2, -0.15) is 0 Å². The van der Waals surface area contributed by atoms with E-state index in [1.807, 2.05) is 0 Å². The maximum absolute atomic E-state index is 13.5. The number of anilines is 1. The van der Waals surface area contributed by atoms with Crippen LogP contribution in [0.1, 0.15) is 19.8 Å². The number of nitrogens with zero attached hydrogens (tertiary/aromatic N) is 2. The van der Waals surface area contributed by atoms with Gasteiger partial charge in [0.25, 0.3) is 0 Å². The van der Waals surface area contributed by atoms with Gasteiger partial charge in [0.15, 0.2) is 9.84 Å². The maximum Gasteiger partial charge on any atom is 0.305 e. The molecule has 6 nitrogen and oxygen atoms in total. The van der Waals surface area contributed by atoms with E-state index >= 15 is 0 Å². The first-order chi connectivity index (χ1) is 9.83. The van der Waals surface area contributed by atoms with E-state index in [0.29, 0.717) is 5.82 Å². The Balaban J connectivity index is 2.23. The SMILES string of the molecule is CCS(=O)(=O)c1ccc(N2C[C@@H](F)C[C@H]2CC(=O)O)nc1. The minimum atomic E-state index is -3.33. The molecule has 1 N–H and O–H groups in total. The molecule has 1 aromatic heterocycles. The Hall–Kier alpha value is -1.70. The normalized spacial score (nSPS) is 22.5. The number of carbonyl (C=O) groups is 1. The van der Waals surface area contributed by atoms with E-state index in [0.717, 1.165) is 0 Å². The van der Waals surface area contributed by atoms with Crippen LogP contribution in [0.3, 0.4) is 0 Å². The molecule has 0 aliphatic carbocycles. The van der Waals surface area contributed by atoms with Crippen molar-refractivity contribution in [3.63, 3.8) is 0 Å². The van der Waals surface area contributed by atoms with Crippen LogP contribution in [0.15, 0.2) is 23.2 Å². The summed E-state index contributed by atoms with van der Waals surface area (Å²) in [5, 5.41) is 8.86. The zero-order valence-electron chi connectivity index (χ0n) is 11.6. The van der Waals surface area contributed by atoms with Crippen molar-refractivity contribution in [1.82, 2.24) is 4.98 Å². The highest BCUT2D eigenvalue weighted by Gasteiger charge is 2.34. The third-order valence-electron chi connectivity index (χ3n) is 3.53. The van der Waals surface area contributed by atoms with Crippen molar-refractivity contribution in [2.24, 2.45) is 0 Å². The Bertz CT molecular complexity index is 618. The number of alkyl halides is 1. The largest absolute Gasteiger partial charge is 0.481 e. The van der Waals surface area contributed by atoms with Crippen molar-refractivity contribution in [3.05, 3.63) is 18.3 Å².